The van der Waals surface area contributed by atoms with E-state index in [4.69, 9.17) is 9.84 Å². The Kier molecular flexibility index (Phi) is 6.90. The lowest BCUT2D eigenvalue weighted by Gasteiger charge is -2.12. The van der Waals surface area contributed by atoms with Crippen LogP contribution < -0.4 is 0 Å². The van der Waals surface area contributed by atoms with Crippen LogP contribution in [0.2, 0.25) is 0 Å². The first-order valence-electron chi connectivity index (χ1n) is 6.10. The molecule has 0 aliphatic heterocycles. The summed E-state index contributed by atoms with van der Waals surface area (Å²) in [6.07, 6.45) is 1.75. The summed E-state index contributed by atoms with van der Waals surface area (Å²) in [5.74, 6) is -0.808. The van der Waals surface area contributed by atoms with Gasteiger partial charge in [-0.05, 0) is 21.0 Å². The number of rotatable bonds is 9. The van der Waals surface area contributed by atoms with E-state index in [1.54, 1.807) is 6.20 Å². The van der Waals surface area contributed by atoms with E-state index in [1.165, 1.54) is 11.8 Å². The number of thioether (sulfide) groups is 1. The molecule has 1 rings (SSSR count). The molecule has 0 spiro atoms. The number of hydrogen-bond acceptors (Lipinski definition) is 5. The molecule has 0 unspecified atom stereocenters. The Balaban J connectivity index is 2.39. The molecule has 108 valence electrons. The van der Waals surface area contributed by atoms with Gasteiger partial charge >= 0.3 is 5.97 Å². The minimum absolute atomic E-state index is 0.0257. The summed E-state index contributed by atoms with van der Waals surface area (Å²) in [6, 6.07) is 0. The number of aromatic nitrogens is 2. The SMILES string of the molecule is Cc1cnc(SCC(=O)O)n1CCOCCN(C)C. The molecule has 0 fully saturated rings. The topological polar surface area (TPSA) is 67.6 Å². The Morgan fingerprint density at radius 1 is 1.53 bits per heavy atom. The largest absolute Gasteiger partial charge is 0.481 e. The summed E-state index contributed by atoms with van der Waals surface area (Å²) in [6.45, 7) is 4.84. The third-order valence-electron chi connectivity index (χ3n) is 2.49. The average molecular weight is 287 g/mol. The number of carboxylic acid groups (broad SMARTS) is 1. The summed E-state index contributed by atoms with van der Waals surface area (Å²) in [7, 11) is 4.01. The second kappa shape index (κ2) is 8.19. The van der Waals surface area contributed by atoms with Crippen molar-refractivity contribution >= 4 is 17.7 Å². The smallest absolute Gasteiger partial charge is 0.313 e. The minimum atomic E-state index is -0.834. The zero-order chi connectivity index (χ0) is 14.3. The van der Waals surface area contributed by atoms with Gasteiger partial charge in [-0.25, -0.2) is 4.98 Å². The molecule has 0 atom stereocenters. The maximum atomic E-state index is 10.6. The van der Waals surface area contributed by atoms with Gasteiger partial charge in [0, 0.05) is 25.0 Å². The number of hydrogen-bond donors (Lipinski definition) is 1. The van der Waals surface area contributed by atoms with Crippen LogP contribution in [0.5, 0.6) is 0 Å². The van der Waals surface area contributed by atoms with Gasteiger partial charge in [0.15, 0.2) is 5.16 Å². The second-order valence-corrected chi connectivity index (χ2v) is 5.37. The maximum Gasteiger partial charge on any atom is 0.313 e. The van der Waals surface area contributed by atoms with Crippen LogP contribution in [0.1, 0.15) is 5.69 Å². The third kappa shape index (κ3) is 6.09. The highest BCUT2D eigenvalue weighted by Crippen LogP contribution is 2.17. The first kappa shape index (κ1) is 16.0. The van der Waals surface area contributed by atoms with Gasteiger partial charge in [-0.3, -0.25) is 4.79 Å². The Hall–Kier alpha value is -1.05. The summed E-state index contributed by atoms with van der Waals surface area (Å²) in [5, 5.41) is 9.42. The van der Waals surface area contributed by atoms with Gasteiger partial charge in [0.25, 0.3) is 0 Å². The van der Waals surface area contributed by atoms with Crippen LogP contribution in [0.25, 0.3) is 0 Å². The van der Waals surface area contributed by atoms with E-state index in [0.717, 1.165) is 17.4 Å². The normalized spacial score (nSPS) is 11.2. The molecule has 0 amide bonds. The van der Waals surface area contributed by atoms with Crippen molar-refractivity contribution < 1.29 is 14.6 Å². The average Bonchev–Trinajstić information content (AvgIpc) is 2.67. The van der Waals surface area contributed by atoms with Crippen LogP contribution in [0.15, 0.2) is 11.4 Å². The molecule has 19 heavy (non-hydrogen) atoms. The fourth-order valence-electron chi connectivity index (χ4n) is 1.46. The summed E-state index contributed by atoms with van der Waals surface area (Å²) in [4.78, 5) is 16.8. The molecule has 7 heteroatoms. The van der Waals surface area contributed by atoms with E-state index in [-0.39, 0.29) is 5.75 Å². The third-order valence-corrected chi connectivity index (χ3v) is 3.46. The fourth-order valence-corrected chi connectivity index (χ4v) is 2.23. The highest BCUT2D eigenvalue weighted by Gasteiger charge is 2.09. The molecule has 0 aliphatic carbocycles. The molecular weight excluding hydrogens is 266 g/mol. The van der Waals surface area contributed by atoms with E-state index in [9.17, 15) is 4.79 Å². The summed E-state index contributed by atoms with van der Waals surface area (Å²) < 4.78 is 7.53. The minimum Gasteiger partial charge on any atom is -0.481 e. The van der Waals surface area contributed by atoms with Crippen LogP contribution in [-0.2, 0) is 16.1 Å². The van der Waals surface area contributed by atoms with Crippen molar-refractivity contribution in [3.63, 3.8) is 0 Å². The van der Waals surface area contributed by atoms with E-state index < -0.39 is 5.97 Å². The molecule has 0 aliphatic rings. The Morgan fingerprint density at radius 3 is 2.89 bits per heavy atom. The lowest BCUT2D eigenvalue weighted by molar-refractivity contribution is -0.133. The number of ether oxygens (including phenoxy) is 1. The van der Waals surface area contributed by atoms with Crippen molar-refractivity contribution in [1.29, 1.82) is 0 Å². The summed E-state index contributed by atoms with van der Waals surface area (Å²) >= 11 is 1.23. The molecule has 1 heterocycles. The van der Waals surface area contributed by atoms with Crippen LogP contribution in [0.4, 0.5) is 0 Å². The number of aliphatic carboxylic acids is 1. The number of nitrogens with zero attached hydrogens (tertiary/aromatic N) is 3. The monoisotopic (exact) mass is 287 g/mol. The van der Waals surface area contributed by atoms with E-state index in [2.05, 4.69) is 9.88 Å². The van der Waals surface area contributed by atoms with Gasteiger partial charge < -0.3 is 19.3 Å². The number of carboxylic acids is 1. The predicted molar refractivity (Wildman–Crippen MR) is 74.7 cm³/mol. The first-order chi connectivity index (χ1) is 9.00. The second-order valence-electron chi connectivity index (χ2n) is 4.43. The van der Waals surface area contributed by atoms with E-state index in [1.807, 2.05) is 25.6 Å². The van der Waals surface area contributed by atoms with Crippen molar-refractivity contribution in [1.82, 2.24) is 14.5 Å². The van der Waals surface area contributed by atoms with E-state index >= 15 is 0 Å². The van der Waals surface area contributed by atoms with Crippen molar-refractivity contribution in [3.8, 4) is 0 Å². The van der Waals surface area contributed by atoms with Crippen LogP contribution in [0.3, 0.4) is 0 Å². The first-order valence-corrected chi connectivity index (χ1v) is 7.08. The van der Waals surface area contributed by atoms with Crippen LogP contribution in [-0.4, -0.2) is 65.1 Å². The molecule has 0 bridgehead atoms. The van der Waals surface area contributed by atoms with Gasteiger partial charge in [0.05, 0.1) is 19.0 Å². The molecule has 6 nitrogen and oxygen atoms in total. The van der Waals surface area contributed by atoms with Gasteiger partial charge in [-0.1, -0.05) is 11.8 Å². The number of imidazole rings is 1. The van der Waals surface area contributed by atoms with Gasteiger partial charge in [0.2, 0.25) is 0 Å². The standard InChI is InChI=1S/C12H21N3O3S/c1-10-8-13-12(19-9-11(16)17)15(10)5-7-18-6-4-14(2)3/h8H,4-7,9H2,1-3H3,(H,16,17). The van der Waals surface area contributed by atoms with Crippen molar-refractivity contribution in [2.45, 2.75) is 18.6 Å². The highest BCUT2D eigenvalue weighted by molar-refractivity contribution is 7.99. The lowest BCUT2D eigenvalue weighted by atomic mass is 10.5. The Labute approximate surface area is 117 Å². The van der Waals surface area contributed by atoms with Gasteiger partial charge in [-0.2, -0.15) is 0 Å². The van der Waals surface area contributed by atoms with Gasteiger partial charge in [-0.15, -0.1) is 0 Å². The Morgan fingerprint density at radius 2 is 2.26 bits per heavy atom. The van der Waals surface area contributed by atoms with E-state index in [0.29, 0.717) is 19.8 Å². The molecule has 0 radical (unpaired) electrons. The predicted octanol–water partition coefficient (Wildman–Crippen LogP) is 0.946. The zero-order valence-corrected chi connectivity index (χ0v) is 12.4. The number of carbonyl (C=O) groups is 1. The quantitative estimate of drug-likeness (QED) is 0.539. The van der Waals surface area contributed by atoms with Crippen molar-refractivity contribution in [2.75, 3.05) is 39.6 Å². The molecular formula is C12H21N3O3S. The lowest BCUT2D eigenvalue weighted by Crippen LogP contribution is -2.19. The molecule has 0 aromatic carbocycles. The molecule has 0 saturated heterocycles. The molecule has 1 aromatic heterocycles. The number of likely N-dealkylation sites (N-methyl/N-ethyl adjacent to an activating group) is 1. The molecule has 0 saturated carbocycles. The highest BCUT2D eigenvalue weighted by atomic mass is 32.2. The molecule has 1 N–H and O–H groups in total. The van der Waals surface area contributed by atoms with Gasteiger partial charge in [0.1, 0.15) is 0 Å². The van der Waals surface area contributed by atoms with Crippen molar-refractivity contribution in [3.05, 3.63) is 11.9 Å². The fraction of sp³-hybridized carbons (Fsp3) is 0.667. The van der Waals surface area contributed by atoms with Crippen LogP contribution in [0, 0.1) is 6.92 Å². The molecule has 1 aromatic rings. The zero-order valence-electron chi connectivity index (χ0n) is 11.6. The Bertz CT molecular complexity index is 407. The van der Waals surface area contributed by atoms with Crippen LogP contribution >= 0.6 is 11.8 Å². The number of aryl methyl sites for hydroxylation is 1. The maximum absolute atomic E-state index is 10.6. The van der Waals surface area contributed by atoms with Crippen molar-refractivity contribution in [2.24, 2.45) is 0 Å². The summed E-state index contributed by atoms with van der Waals surface area (Å²) in [5.41, 5.74) is 1.02.